The van der Waals surface area contributed by atoms with E-state index in [0.29, 0.717) is 13.0 Å². The summed E-state index contributed by atoms with van der Waals surface area (Å²) < 4.78 is 26.8. The molecule has 0 aliphatic heterocycles. The third kappa shape index (κ3) is 4.39. The molecule has 2 aromatic carbocycles. The molecule has 21 heavy (non-hydrogen) atoms. The minimum absolute atomic E-state index is 0.0202. The molecule has 0 bridgehead atoms. The fourth-order valence-electron chi connectivity index (χ4n) is 1.96. The Morgan fingerprint density at radius 2 is 1.57 bits per heavy atom. The van der Waals surface area contributed by atoms with Crippen molar-refractivity contribution in [2.45, 2.75) is 24.3 Å². The van der Waals surface area contributed by atoms with Gasteiger partial charge in [0.25, 0.3) is 0 Å². The molecule has 112 valence electrons. The number of rotatable bonds is 6. The fraction of sp³-hybridized carbons (Fsp3) is 0.250. The highest BCUT2D eigenvalue weighted by Crippen LogP contribution is 2.20. The number of hydrogen-bond acceptors (Lipinski definition) is 3. The number of sulfonamides is 1. The van der Waals surface area contributed by atoms with Gasteiger partial charge in [-0.05, 0) is 36.6 Å². The van der Waals surface area contributed by atoms with E-state index in [1.165, 1.54) is 0 Å². The van der Waals surface area contributed by atoms with Gasteiger partial charge in [0.2, 0.25) is 10.0 Å². The van der Waals surface area contributed by atoms with Gasteiger partial charge in [0, 0.05) is 12.6 Å². The molecule has 0 aromatic heterocycles. The summed E-state index contributed by atoms with van der Waals surface area (Å²) in [5.41, 5.74) is 7.66. The lowest BCUT2D eigenvalue weighted by Crippen LogP contribution is -2.29. The maximum absolute atomic E-state index is 12.1. The zero-order valence-electron chi connectivity index (χ0n) is 12.0. The highest BCUT2D eigenvalue weighted by molar-refractivity contribution is 7.89. The van der Waals surface area contributed by atoms with Crippen molar-refractivity contribution in [3.05, 3.63) is 54.6 Å². The standard InChI is InChI=1S/C16H20N2O2S/c1-13(17)11-12-18-21(19,20)16-9-7-15(8-10-16)14-5-3-2-4-6-14/h2-10,13,18H,11-12,17H2,1H3/t13-/m1/s1. The molecule has 0 aliphatic rings. The number of nitrogens with one attached hydrogen (secondary N) is 1. The molecular weight excluding hydrogens is 284 g/mol. The molecule has 0 spiro atoms. The van der Waals surface area contributed by atoms with Crippen molar-refractivity contribution in [2.24, 2.45) is 5.73 Å². The van der Waals surface area contributed by atoms with E-state index in [1.54, 1.807) is 12.1 Å². The molecule has 0 amide bonds. The highest BCUT2D eigenvalue weighted by atomic mass is 32.2. The van der Waals surface area contributed by atoms with Gasteiger partial charge in [-0.2, -0.15) is 0 Å². The molecule has 5 heteroatoms. The summed E-state index contributed by atoms with van der Waals surface area (Å²) in [5.74, 6) is 0. The van der Waals surface area contributed by atoms with Crippen LogP contribution in [0.2, 0.25) is 0 Å². The maximum Gasteiger partial charge on any atom is 0.240 e. The molecular formula is C16H20N2O2S. The Labute approximate surface area is 126 Å². The van der Waals surface area contributed by atoms with Crippen molar-refractivity contribution in [1.82, 2.24) is 4.72 Å². The lowest BCUT2D eigenvalue weighted by Gasteiger charge is -2.09. The lowest BCUT2D eigenvalue weighted by atomic mass is 10.1. The summed E-state index contributed by atoms with van der Waals surface area (Å²) in [6.07, 6.45) is 0.612. The molecule has 4 nitrogen and oxygen atoms in total. The predicted molar refractivity (Wildman–Crippen MR) is 85.3 cm³/mol. The quantitative estimate of drug-likeness (QED) is 0.860. The van der Waals surface area contributed by atoms with E-state index in [9.17, 15) is 8.42 Å². The van der Waals surface area contributed by atoms with Crippen LogP contribution >= 0.6 is 0 Å². The van der Waals surface area contributed by atoms with Gasteiger partial charge in [0.05, 0.1) is 4.90 Å². The zero-order chi connectivity index (χ0) is 15.3. The average molecular weight is 304 g/mol. The summed E-state index contributed by atoms with van der Waals surface area (Å²) in [6.45, 7) is 2.20. The third-order valence-corrected chi connectivity index (χ3v) is 4.64. The number of hydrogen-bond donors (Lipinski definition) is 2. The Bertz CT molecular complexity index is 665. The summed E-state index contributed by atoms with van der Waals surface area (Å²) in [5, 5.41) is 0. The Balaban J connectivity index is 2.11. The summed E-state index contributed by atoms with van der Waals surface area (Å²) >= 11 is 0. The summed E-state index contributed by atoms with van der Waals surface area (Å²) in [6, 6.07) is 16.7. The minimum Gasteiger partial charge on any atom is -0.328 e. The van der Waals surface area contributed by atoms with Gasteiger partial charge in [0.15, 0.2) is 0 Å². The van der Waals surface area contributed by atoms with Crippen LogP contribution in [0.5, 0.6) is 0 Å². The van der Waals surface area contributed by atoms with E-state index in [1.807, 2.05) is 49.4 Å². The van der Waals surface area contributed by atoms with Crippen molar-refractivity contribution in [2.75, 3.05) is 6.54 Å². The largest absolute Gasteiger partial charge is 0.328 e. The predicted octanol–water partition coefficient (Wildman–Crippen LogP) is 2.37. The fourth-order valence-corrected chi connectivity index (χ4v) is 3.01. The topological polar surface area (TPSA) is 72.2 Å². The van der Waals surface area contributed by atoms with Gasteiger partial charge >= 0.3 is 0 Å². The van der Waals surface area contributed by atoms with Crippen molar-refractivity contribution in [3.63, 3.8) is 0 Å². The van der Waals surface area contributed by atoms with Crippen LogP contribution in [0, 0.1) is 0 Å². The van der Waals surface area contributed by atoms with E-state index >= 15 is 0 Å². The highest BCUT2D eigenvalue weighted by Gasteiger charge is 2.13. The minimum atomic E-state index is -3.46. The van der Waals surface area contributed by atoms with Gasteiger partial charge in [-0.3, -0.25) is 0 Å². The number of nitrogens with two attached hydrogens (primary N) is 1. The smallest absolute Gasteiger partial charge is 0.240 e. The van der Waals surface area contributed by atoms with E-state index in [-0.39, 0.29) is 10.9 Å². The van der Waals surface area contributed by atoms with Crippen molar-refractivity contribution >= 4 is 10.0 Å². The molecule has 2 rings (SSSR count). The normalized spacial score (nSPS) is 13.0. The zero-order valence-corrected chi connectivity index (χ0v) is 12.8. The van der Waals surface area contributed by atoms with Crippen LogP contribution in [0.25, 0.3) is 11.1 Å². The molecule has 2 aromatic rings. The van der Waals surface area contributed by atoms with Crippen LogP contribution in [0.4, 0.5) is 0 Å². The first-order valence-corrected chi connectivity index (χ1v) is 8.38. The summed E-state index contributed by atoms with van der Waals surface area (Å²) in [4.78, 5) is 0.270. The number of benzene rings is 2. The molecule has 0 unspecified atom stereocenters. The first kappa shape index (κ1) is 15.7. The Morgan fingerprint density at radius 3 is 2.14 bits per heavy atom. The molecule has 0 fully saturated rings. The molecule has 3 N–H and O–H groups in total. The second kappa shape index (κ2) is 6.85. The van der Waals surface area contributed by atoms with Gasteiger partial charge in [-0.25, -0.2) is 13.1 Å². The molecule has 0 saturated heterocycles. The molecule has 1 atom stereocenters. The molecule has 0 saturated carbocycles. The molecule has 0 aliphatic carbocycles. The van der Waals surface area contributed by atoms with Gasteiger partial charge < -0.3 is 5.73 Å². The Kier molecular flexibility index (Phi) is 5.12. The van der Waals surface area contributed by atoms with Crippen molar-refractivity contribution in [1.29, 1.82) is 0 Å². The second-order valence-corrected chi connectivity index (χ2v) is 6.82. The van der Waals surface area contributed by atoms with Crippen LogP contribution in [0.15, 0.2) is 59.5 Å². The van der Waals surface area contributed by atoms with E-state index in [2.05, 4.69) is 4.72 Å². The molecule has 0 radical (unpaired) electrons. The van der Waals surface area contributed by atoms with Crippen LogP contribution in [-0.2, 0) is 10.0 Å². The van der Waals surface area contributed by atoms with Crippen LogP contribution in [0.3, 0.4) is 0 Å². The van der Waals surface area contributed by atoms with Crippen LogP contribution < -0.4 is 10.5 Å². The van der Waals surface area contributed by atoms with E-state index < -0.39 is 10.0 Å². The maximum atomic E-state index is 12.1. The van der Waals surface area contributed by atoms with Crippen LogP contribution in [0.1, 0.15) is 13.3 Å². The monoisotopic (exact) mass is 304 g/mol. The van der Waals surface area contributed by atoms with Crippen LogP contribution in [-0.4, -0.2) is 21.0 Å². The van der Waals surface area contributed by atoms with E-state index in [4.69, 9.17) is 5.73 Å². The van der Waals surface area contributed by atoms with Gasteiger partial charge in [-0.1, -0.05) is 42.5 Å². The SMILES string of the molecule is C[C@@H](N)CCNS(=O)(=O)c1ccc(-c2ccccc2)cc1. The first-order valence-electron chi connectivity index (χ1n) is 6.90. The van der Waals surface area contributed by atoms with Crippen molar-refractivity contribution < 1.29 is 8.42 Å². The summed E-state index contributed by atoms with van der Waals surface area (Å²) in [7, 11) is -3.46. The lowest BCUT2D eigenvalue weighted by molar-refractivity contribution is 0.572. The molecule has 0 heterocycles. The Hall–Kier alpha value is -1.69. The van der Waals surface area contributed by atoms with Gasteiger partial charge in [-0.15, -0.1) is 0 Å². The Morgan fingerprint density at radius 1 is 1.00 bits per heavy atom. The third-order valence-electron chi connectivity index (χ3n) is 3.16. The average Bonchev–Trinajstić information content (AvgIpc) is 2.48. The first-order chi connectivity index (χ1) is 9.99. The second-order valence-electron chi connectivity index (χ2n) is 5.05. The van der Waals surface area contributed by atoms with Gasteiger partial charge in [0.1, 0.15) is 0 Å². The van der Waals surface area contributed by atoms with E-state index in [0.717, 1.165) is 11.1 Å². The van der Waals surface area contributed by atoms with Crippen molar-refractivity contribution in [3.8, 4) is 11.1 Å².